The second-order valence-corrected chi connectivity index (χ2v) is 4.06. The Bertz CT molecular complexity index is 613. The highest BCUT2D eigenvalue weighted by molar-refractivity contribution is 5.64. The summed E-state index contributed by atoms with van der Waals surface area (Å²) in [4.78, 5) is 5.56. The fraction of sp³-hybridized carbons (Fsp3) is 0. The molecular weight excluding hydrogens is 244 g/mol. The molecular formula is C14H12N2O3. The van der Waals surface area contributed by atoms with E-state index < -0.39 is 0 Å². The van der Waals surface area contributed by atoms with Gasteiger partial charge in [-0.25, -0.2) is 0 Å². The fourth-order valence-corrected chi connectivity index (χ4v) is 1.83. The maximum Gasteiger partial charge on any atom is 0.185 e. The van der Waals surface area contributed by atoms with Gasteiger partial charge in [0.25, 0.3) is 0 Å². The molecule has 0 unspecified atom stereocenters. The largest absolute Gasteiger partial charge is 0.508 e. The van der Waals surface area contributed by atoms with Crippen LogP contribution in [0.25, 0.3) is 5.76 Å². The van der Waals surface area contributed by atoms with E-state index in [0.29, 0.717) is 17.0 Å². The summed E-state index contributed by atoms with van der Waals surface area (Å²) in [6, 6.07) is 15.8. The Labute approximate surface area is 110 Å². The van der Waals surface area contributed by atoms with E-state index in [1.165, 1.54) is 11.4 Å². The first-order chi connectivity index (χ1) is 9.24. The monoisotopic (exact) mass is 256 g/mol. The number of rotatable bonds is 2. The number of para-hydroxylation sites is 1. The number of phenolic OH excluding ortho intramolecular Hbond substituents is 1. The van der Waals surface area contributed by atoms with Gasteiger partial charge in [-0.2, -0.15) is 0 Å². The molecule has 2 aromatic rings. The van der Waals surface area contributed by atoms with Crippen molar-refractivity contribution in [1.82, 2.24) is 5.17 Å². The molecule has 0 atom stereocenters. The highest BCUT2D eigenvalue weighted by Gasteiger charge is 2.24. The van der Waals surface area contributed by atoms with Crippen molar-refractivity contribution in [3.63, 3.8) is 0 Å². The van der Waals surface area contributed by atoms with Crippen LogP contribution in [0.1, 0.15) is 5.56 Å². The van der Waals surface area contributed by atoms with E-state index in [-0.39, 0.29) is 5.75 Å². The minimum atomic E-state index is 0.143. The van der Waals surface area contributed by atoms with Crippen molar-refractivity contribution < 1.29 is 15.2 Å². The number of hydroxylamine groups is 1. The summed E-state index contributed by atoms with van der Waals surface area (Å²) in [7, 11) is 0. The molecule has 0 amide bonds. The van der Waals surface area contributed by atoms with Crippen molar-refractivity contribution in [3.8, 4) is 5.75 Å². The molecule has 0 bridgehead atoms. The third-order valence-electron chi connectivity index (χ3n) is 2.71. The average molecular weight is 256 g/mol. The van der Waals surface area contributed by atoms with Gasteiger partial charge in [0.05, 0.1) is 0 Å². The van der Waals surface area contributed by atoms with Gasteiger partial charge in [0.1, 0.15) is 17.6 Å². The van der Waals surface area contributed by atoms with Crippen molar-refractivity contribution >= 4 is 11.4 Å². The lowest BCUT2D eigenvalue weighted by atomic mass is 10.2. The topological polar surface area (TPSA) is 56.2 Å². The highest BCUT2D eigenvalue weighted by atomic mass is 16.8. The third-order valence-corrected chi connectivity index (χ3v) is 2.71. The van der Waals surface area contributed by atoms with Gasteiger partial charge in [0.15, 0.2) is 5.76 Å². The Kier molecular flexibility index (Phi) is 2.74. The molecule has 0 fully saturated rings. The van der Waals surface area contributed by atoms with E-state index in [1.54, 1.807) is 24.3 Å². The second kappa shape index (κ2) is 4.55. The van der Waals surface area contributed by atoms with Crippen molar-refractivity contribution in [2.45, 2.75) is 0 Å². The lowest BCUT2D eigenvalue weighted by Gasteiger charge is -2.22. The van der Waals surface area contributed by atoms with Gasteiger partial charge in [0.2, 0.25) is 0 Å². The molecule has 0 aliphatic carbocycles. The SMILES string of the molecule is Oc1cccc(C2=CN(O)N(c3ccccc3)O2)c1. The van der Waals surface area contributed by atoms with Gasteiger partial charge < -0.3 is 9.94 Å². The normalized spacial score (nSPS) is 14.3. The number of hydrogen-bond donors (Lipinski definition) is 2. The predicted molar refractivity (Wildman–Crippen MR) is 69.7 cm³/mol. The van der Waals surface area contributed by atoms with E-state index in [9.17, 15) is 10.3 Å². The van der Waals surface area contributed by atoms with Crippen LogP contribution in [0.3, 0.4) is 0 Å². The minimum absolute atomic E-state index is 0.143. The van der Waals surface area contributed by atoms with Gasteiger partial charge in [-0.3, -0.25) is 5.21 Å². The van der Waals surface area contributed by atoms with Crippen LogP contribution in [0, 0.1) is 0 Å². The van der Waals surface area contributed by atoms with Crippen molar-refractivity contribution in [2.75, 3.05) is 5.17 Å². The first-order valence-corrected chi connectivity index (χ1v) is 5.76. The van der Waals surface area contributed by atoms with Crippen LogP contribution >= 0.6 is 0 Å². The van der Waals surface area contributed by atoms with Crippen molar-refractivity contribution in [3.05, 3.63) is 66.4 Å². The number of phenols is 1. The number of nitrogens with zero attached hydrogens (tertiary/aromatic N) is 2. The molecule has 0 radical (unpaired) electrons. The summed E-state index contributed by atoms with van der Waals surface area (Å²) in [5.74, 6) is 0.590. The zero-order chi connectivity index (χ0) is 13.2. The summed E-state index contributed by atoms with van der Waals surface area (Å²) in [5, 5.41) is 21.4. The third kappa shape index (κ3) is 2.19. The maximum absolute atomic E-state index is 9.84. The minimum Gasteiger partial charge on any atom is -0.508 e. The molecule has 2 N–H and O–H groups in total. The van der Waals surface area contributed by atoms with E-state index in [0.717, 1.165) is 5.17 Å². The molecule has 2 aromatic carbocycles. The predicted octanol–water partition coefficient (Wildman–Crippen LogP) is 2.75. The Morgan fingerprint density at radius 3 is 2.47 bits per heavy atom. The number of hydrogen-bond acceptors (Lipinski definition) is 5. The second-order valence-electron chi connectivity index (χ2n) is 4.06. The van der Waals surface area contributed by atoms with Crippen LogP contribution < -0.4 is 5.17 Å². The zero-order valence-electron chi connectivity index (χ0n) is 9.97. The molecule has 1 aliphatic heterocycles. The van der Waals surface area contributed by atoms with E-state index in [2.05, 4.69) is 0 Å². The van der Waals surface area contributed by atoms with Crippen LogP contribution in [-0.4, -0.2) is 15.5 Å². The molecule has 0 saturated heterocycles. The van der Waals surface area contributed by atoms with Crippen molar-refractivity contribution in [2.24, 2.45) is 0 Å². The Morgan fingerprint density at radius 1 is 0.947 bits per heavy atom. The Balaban J connectivity index is 1.86. The molecule has 5 heteroatoms. The first kappa shape index (κ1) is 11.4. The summed E-state index contributed by atoms with van der Waals surface area (Å²) >= 11 is 0. The Morgan fingerprint density at radius 2 is 1.74 bits per heavy atom. The van der Waals surface area contributed by atoms with Gasteiger partial charge in [-0.05, 0) is 24.3 Å². The van der Waals surface area contributed by atoms with Crippen LogP contribution in [0.5, 0.6) is 5.75 Å². The van der Waals surface area contributed by atoms with Crippen LogP contribution in [-0.2, 0) is 4.84 Å². The molecule has 0 spiro atoms. The number of anilines is 1. The quantitative estimate of drug-likeness (QED) is 0.865. The van der Waals surface area contributed by atoms with Crippen molar-refractivity contribution in [1.29, 1.82) is 0 Å². The average Bonchev–Trinajstić information content (AvgIpc) is 2.82. The number of hydrazine groups is 1. The molecule has 0 aromatic heterocycles. The lowest BCUT2D eigenvalue weighted by Crippen LogP contribution is -2.31. The lowest BCUT2D eigenvalue weighted by molar-refractivity contribution is -0.0994. The summed E-state index contributed by atoms with van der Waals surface area (Å²) in [6.07, 6.45) is 1.43. The smallest absolute Gasteiger partial charge is 0.185 e. The Hall–Kier alpha value is -2.66. The summed E-state index contributed by atoms with van der Waals surface area (Å²) < 4.78 is 0. The van der Waals surface area contributed by atoms with Gasteiger partial charge in [-0.1, -0.05) is 35.5 Å². The zero-order valence-corrected chi connectivity index (χ0v) is 9.97. The van der Waals surface area contributed by atoms with Crippen LogP contribution in [0.15, 0.2) is 60.8 Å². The molecule has 0 saturated carbocycles. The van der Waals surface area contributed by atoms with Crippen LogP contribution in [0.2, 0.25) is 0 Å². The fourth-order valence-electron chi connectivity index (χ4n) is 1.83. The highest BCUT2D eigenvalue weighted by Crippen LogP contribution is 2.30. The molecule has 1 aliphatic rings. The van der Waals surface area contributed by atoms with E-state index in [1.807, 2.05) is 30.3 Å². The molecule has 1 heterocycles. The maximum atomic E-state index is 9.84. The van der Waals surface area contributed by atoms with Gasteiger partial charge in [-0.15, -0.1) is 5.17 Å². The molecule has 19 heavy (non-hydrogen) atoms. The van der Waals surface area contributed by atoms with Gasteiger partial charge >= 0.3 is 0 Å². The molecule has 3 rings (SSSR count). The molecule has 96 valence electrons. The van der Waals surface area contributed by atoms with Gasteiger partial charge in [0, 0.05) is 5.56 Å². The summed E-state index contributed by atoms with van der Waals surface area (Å²) in [5.41, 5.74) is 1.37. The van der Waals surface area contributed by atoms with Crippen LogP contribution in [0.4, 0.5) is 5.69 Å². The van der Waals surface area contributed by atoms with E-state index in [4.69, 9.17) is 4.84 Å². The standard InChI is InChI=1S/C14H12N2O3/c17-13-8-4-5-11(9-13)14-10-15(18)16(19-14)12-6-2-1-3-7-12/h1-10,17-18H. The number of aromatic hydroxyl groups is 1. The first-order valence-electron chi connectivity index (χ1n) is 5.76. The van der Waals surface area contributed by atoms with E-state index >= 15 is 0 Å². The summed E-state index contributed by atoms with van der Waals surface area (Å²) in [6.45, 7) is 0. The molecule has 5 nitrogen and oxygen atoms in total. The number of benzene rings is 2.